The molecular formula is C15H11Cl3N2O4. The monoisotopic (exact) mass is 388 g/mol. The van der Waals surface area contributed by atoms with E-state index in [1.807, 2.05) is 0 Å². The number of rotatable bonds is 5. The molecule has 0 heterocycles. The minimum Gasteiger partial charge on any atom is -0.477 e. The number of carbonyl (C=O) groups excluding carboxylic acids is 1. The molecule has 0 aliphatic rings. The Hall–Kier alpha value is -2.02. The van der Waals surface area contributed by atoms with Crippen molar-refractivity contribution in [3.05, 3.63) is 61.1 Å². The molecule has 0 aromatic heterocycles. The highest BCUT2D eigenvalue weighted by Gasteiger charge is 2.17. The topological polar surface area (TPSA) is 81.5 Å². The zero-order valence-corrected chi connectivity index (χ0v) is 14.6. The van der Waals surface area contributed by atoms with Crippen molar-refractivity contribution in [3.63, 3.8) is 0 Å². The first-order valence-corrected chi connectivity index (χ1v) is 7.73. The lowest BCUT2D eigenvalue weighted by Gasteiger charge is -2.11. The fraction of sp³-hybridized carbons (Fsp3) is 0.133. The molecule has 0 saturated heterocycles. The van der Waals surface area contributed by atoms with Gasteiger partial charge in [0.15, 0.2) is 12.4 Å². The quantitative estimate of drug-likeness (QED) is 0.583. The van der Waals surface area contributed by atoms with Crippen LogP contribution in [-0.4, -0.2) is 17.4 Å². The molecule has 6 nitrogen and oxygen atoms in total. The summed E-state index contributed by atoms with van der Waals surface area (Å²) in [5, 5.41) is 14.1. The number of nitro benzene ring substituents is 1. The Kier molecular flexibility index (Phi) is 5.88. The zero-order chi connectivity index (χ0) is 17.9. The highest BCUT2D eigenvalue weighted by atomic mass is 35.5. The molecule has 0 saturated carbocycles. The molecule has 1 amide bonds. The van der Waals surface area contributed by atoms with Gasteiger partial charge in [0.25, 0.3) is 5.91 Å². The van der Waals surface area contributed by atoms with E-state index >= 15 is 0 Å². The van der Waals surface area contributed by atoms with Crippen LogP contribution in [0, 0.1) is 17.0 Å². The molecule has 2 aromatic rings. The molecule has 0 atom stereocenters. The first-order valence-electron chi connectivity index (χ1n) is 6.60. The minimum atomic E-state index is -0.584. The molecule has 1 N–H and O–H groups in total. The van der Waals surface area contributed by atoms with Crippen LogP contribution in [0.3, 0.4) is 0 Å². The third kappa shape index (κ3) is 4.50. The fourth-order valence-electron chi connectivity index (χ4n) is 1.87. The van der Waals surface area contributed by atoms with Gasteiger partial charge >= 0.3 is 5.69 Å². The van der Waals surface area contributed by atoms with Crippen molar-refractivity contribution < 1.29 is 14.5 Å². The number of ether oxygens (including phenoxy) is 1. The molecule has 0 fully saturated rings. The van der Waals surface area contributed by atoms with Crippen LogP contribution in [-0.2, 0) is 4.79 Å². The molecule has 9 heteroatoms. The van der Waals surface area contributed by atoms with Crippen LogP contribution < -0.4 is 10.1 Å². The van der Waals surface area contributed by atoms with E-state index in [2.05, 4.69) is 5.32 Å². The number of nitro groups is 1. The van der Waals surface area contributed by atoms with Crippen molar-refractivity contribution in [2.75, 3.05) is 11.9 Å². The van der Waals surface area contributed by atoms with Crippen LogP contribution in [0.1, 0.15) is 5.56 Å². The SMILES string of the molecule is Cc1ccc([N+](=O)[O-])c(OCC(=O)Nc2c(Cl)cc(Cl)cc2Cl)c1. The van der Waals surface area contributed by atoms with Gasteiger partial charge in [-0.3, -0.25) is 14.9 Å². The van der Waals surface area contributed by atoms with Crippen LogP contribution in [0.4, 0.5) is 11.4 Å². The summed E-state index contributed by atoms with van der Waals surface area (Å²) in [6.45, 7) is 1.31. The van der Waals surface area contributed by atoms with Crippen LogP contribution in [0.25, 0.3) is 0 Å². The summed E-state index contributed by atoms with van der Waals surface area (Å²) < 4.78 is 5.25. The molecule has 0 radical (unpaired) electrons. The van der Waals surface area contributed by atoms with E-state index in [1.165, 1.54) is 24.3 Å². The lowest BCUT2D eigenvalue weighted by molar-refractivity contribution is -0.385. The van der Waals surface area contributed by atoms with Crippen molar-refractivity contribution in [2.45, 2.75) is 6.92 Å². The lowest BCUT2D eigenvalue weighted by Crippen LogP contribution is -2.21. The van der Waals surface area contributed by atoms with Crippen LogP contribution >= 0.6 is 34.8 Å². The van der Waals surface area contributed by atoms with E-state index in [-0.39, 0.29) is 27.2 Å². The molecule has 0 unspecified atom stereocenters. The summed E-state index contributed by atoms with van der Waals surface area (Å²) in [5.41, 5.74) is 0.728. The Balaban J connectivity index is 2.10. The van der Waals surface area contributed by atoms with Crippen LogP contribution in [0.15, 0.2) is 30.3 Å². The third-order valence-corrected chi connectivity index (χ3v) is 3.76. The number of benzene rings is 2. The average molecular weight is 390 g/mol. The Morgan fingerprint density at radius 2 is 1.83 bits per heavy atom. The molecule has 0 spiro atoms. The Morgan fingerprint density at radius 1 is 1.21 bits per heavy atom. The molecule has 2 rings (SSSR count). The van der Waals surface area contributed by atoms with Gasteiger partial charge in [-0.2, -0.15) is 0 Å². The summed E-state index contributed by atoms with van der Waals surface area (Å²) >= 11 is 17.7. The highest BCUT2D eigenvalue weighted by Crippen LogP contribution is 2.33. The number of carbonyl (C=O) groups is 1. The van der Waals surface area contributed by atoms with E-state index < -0.39 is 17.4 Å². The van der Waals surface area contributed by atoms with Gasteiger partial charge in [-0.1, -0.05) is 40.9 Å². The van der Waals surface area contributed by atoms with Gasteiger partial charge in [-0.05, 0) is 30.7 Å². The maximum atomic E-state index is 12.0. The molecule has 24 heavy (non-hydrogen) atoms. The Morgan fingerprint density at radius 3 is 2.42 bits per heavy atom. The predicted octanol–water partition coefficient (Wildman–Crippen LogP) is 4.88. The summed E-state index contributed by atoms with van der Waals surface area (Å²) in [7, 11) is 0. The van der Waals surface area contributed by atoms with Crippen molar-refractivity contribution in [1.29, 1.82) is 0 Å². The number of halogens is 3. The maximum Gasteiger partial charge on any atom is 0.310 e. The van der Waals surface area contributed by atoms with Gasteiger partial charge in [0.1, 0.15) is 0 Å². The van der Waals surface area contributed by atoms with Gasteiger partial charge < -0.3 is 10.1 Å². The second-order valence-electron chi connectivity index (χ2n) is 4.81. The number of aryl methyl sites for hydroxylation is 1. The van der Waals surface area contributed by atoms with Crippen LogP contribution in [0.5, 0.6) is 5.75 Å². The Labute approximate surface area is 152 Å². The van der Waals surface area contributed by atoms with Gasteiger partial charge in [0.05, 0.1) is 20.7 Å². The first kappa shape index (κ1) is 18.3. The number of nitrogens with zero attached hydrogens (tertiary/aromatic N) is 1. The third-order valence-electron chi connectivity index (χ3n) is 2.94. The Bertz CT molecular complexity index is 788. The lowest BCUT2D eigenvalue weighted by atomic mass is 10.2. The largest absolute Gasteiger partial charge is 0.477 e. The van der Waals surface area contributed by atoms with Gasteiger partial charge in [0.2, 0.25) is 0 Å². The van der Waals surface area contributed by atoms with Crippen molar-refractivity contribution in [3.8, 4) is 5.75 Å². The summed E-state index contributed by atoms with van der Waals surface area (Å²) in [6, 6.07) is 7.23. The smallest absolute Gasteiger partial charge is 0.310 e. The molecule has 2 aromatic carbocycles. The molecule has 126 valence electrons. The summed E-state index contributed by atoms with van der Waals surface area (Å²) in [6.07, 6.45) is 0. The van der Waals surface area contributed by atoms with Crippen molar-refractivity contribution in [2.24, 2.45) is 0 Å². The second-order valence-corrected chi connectivity index (χ2v) is 6.06. The first-order chi connectivity index (χ1) is 11.3. The standard InChI is InChI=1S/C15H11Cl3N2O4/c1-8-2-3-12(20(22)23)13(4-8)24-7-14(21)19-15-10(17)5-9(16)6-11(15)18/h2-6H,7H2,1H3,(H,19,21). The van der Waals surface area contributed by atoms with Crippen molar-refractivity contribution in [1.82, 2.24) is 0 Å². The van der Waals surface area contributed by atoms with Crippen molar-refractivity contribution >= 4 is 52.1 Å². The number of nitrogens with one attached hydrogen (secondary N) is 1. The second kappa shape index (κ2) is 7.70. The van der Waals surface area contributed by atoms with Gasteiger partial charge in [-0.15, -0.1) is 0 Å². The van der Waals surface area contributed by atoms with Gasteiger partial charge in [-0.25, -0.2) is 0 Å². The normalized spacial score (nSPS) is 10.3. The van der Waals surface area contributed by atoms with E-state index in [0.717, 1.165) is 5.56 Å². The van der Waals surface area contributed by atoms with Crippen LogP contribution in [0.2, 0.25) is 15.1 Å². The van der Waals surface area contributed by atoms with E-state index in [4.69, 9.17) is 39.5 Å². The van der Waals surface area contributed by atoms with E-state index in [0.29, 0.717) is 5.02 Å². The summed E-state index contributed by atoms with van der Waals surface area (Å²) in [5.74, 6) is -0.569. The summed E-state index contributed by atoms with van der Waals surface area (Å²) in [4.78, 5) is 22.4. The average Bonchev–Trinajstić information content (AvgIpc) is 2.48. The molecule has 0 bridgehead atoms. The minimum absolute atomic E-state index is 0.00319. The molecular weight excluding hydrogens is 379 g/mol. The number of amides is 1. The van der Waals surface area contributed by atoms with Gasteiger partial charge in [0, 0.05) is 11.1 Å². The predicted molar refractivity (Wildman–Crippen MR) is 93.4 cm³/mol. The van der Waals surface area contributed by atoms with E-state index in [9.17, 15) is 14.9 Å². The highest BCUT2D eigenvalue weighted by molar-refractivity contribution is 6.42. The van der Waals surface area contributed by atoms with E-state index in [1.54, 1.807) is 13.0 Å². The number of hydrogen-bond acceptors (Lipinski definition) is 4. The number of hydrogen-bond donors (Lipinski definition) is 1. The molecule has 0 aliphatic heterocycles. The zero-order valence-electron chi connectivity index (χ0n) is 12.3. The molecule has 0 aliphatic carbocycles. The maximum absolute atomic E-state index is 12.0. The number of anilines is 1. The fourth-order valence-corrected chi connectivity index (χ4v) is 2.78.